The molecule has 0 fully saturated rings. The Labute approximate surface area is 130 Å². The third kappa shape index (κ3) is 3.15. The molecule has 0 aliphatic carbocycles. The van der Waals surface area contributed by atoms with Crippen LogP contribution in [0.15, 0.2) is 58.3 Å². The lowest BCUT2D eigenvalue weighted by molar-refractivity contribution is -0.119. The molecule has 3 heterocycles. The van der Waals surface area contributed by atoms with Gasteiger partial charge in [-0.3, -0.25) is 14.6 Å². The van der Waals surface area contributed by atoms with Gasteiger partial charge in [-0.25, -0.2) is 4.68 Å². The second kappa shape index (κ2) is 6.22. The van der Waals surface area contributed by atoms with Gasteiger partial charge < -0.3 is 9.84 Å². The van der Waals surface area contributed by atoms with Crippen LogP contribution in [-0.2, 0) is 4.79 Å². The average Bonchev–Trinajstić information content (AvgIpc) is 3.08. The first-order valence-corrected chi connectivity index (χ1v) is 6.86. The second-order valence-corrected chi connectivity index (χ2v) is 4.79. The Morgan fingerprint density at radius 2 is 2.17 bits per heavy atom. The minimum atomic E-state index is -0.809. The molecule has 0 bridgehead atoms. The molecule has 3 aromatic rings. The van der Waals surface area contributed by atoms with Crippen LogP contribution in [0.2, 0.25) is 0 Å². The Kier molecular flexibility index (Phi) is 3.96. The zero-order chi connectivity index (χ0) is 16.2. The van der Waals surface area contributed by atoms with Gasteiger partial charge >= 0.3 is 0 Å². The number of carbonyl (C=O) groups excluding carboxylic acids is 1. The van der Waals surface area contributed by atoms with E-state index in [0.29, 0.717) is 5.69 Å². The van der Waals surface area contributed by atoms with E-state index >= 15 is 0 Å². The first-order valence-electron chi connectivity index (χ1n) is 6.86. The maximum atomic E-state index is 12.2. The van der Waals surface area contributed by atoms with Gasteiger partial charge in [-0.15, -0.1) is 0 Å². The summed E-state index contributed by atoms with van der Waals surface area (Å²) in [6.45, 7) is 1.58. The highest BCUT2D eigenvalue weighted by atomic mass is 16.5. The first kappa shape index (κ1) is 14.6. The van der Waals surface area contributed by atoms with E-state index in [1.54, 1.807) is 31.5 Å². The lowest BCUT2D eigenvalue weighted by Crippen LogP contribution is -2.33. The van der Waals surface area contributed by atoms with Crippen molar-refractivity contribution in [1.82, 2.24) is 19.9 Å². The highest BCUT2D eigenvalue weighted by Gasteiger charge is 2.19. The van der Waals surface area contributed by atoms with Crippen molar-refractivity contribution in [3.05, 3.63) is 59.3 Å². The molecule has 116 valence electrons. The number of aromatic nitrogens is 4. The van der Waals surface area contributed by atoms with Gasteiger partial charge in [0.05, 0.1) is 5.69 Å². The third-order valence-corrected chi connectivity index (χ3v) is 3.22. The standard InChI is InChI=1S/C15H13N5O3/c1-10(15(22)17-13-6-8-23-19-13)20-14(21)5-4-12(18-20)11-3-2-7-16-9-11/h2-10H,1H3,(H,17,19,22). The van der Waals surface area contributed by atoms with Crippen LogP contribution >= 0.6 is 0 Å². The van der Waals surface area contributed by atoms with E-state index in [9.17, 15) is 9.59 Å². The molecule has 1 amide bonds. The Bertz CT molecular complexity index is 858. The highest BCUT2D eigenvalue weighted by Crippen LogP contribution is 2.14. The van der Waals surface area contributed by atoms with Crippen molar-refractivity contribution in [1.29, 1.82) is 0 Å². The summed E-state index contributed by atoms with van der Waals surface area (Å²) in [5.41, 5.74) is 0.935. The van der Waals surface area contributed by atoms with Gasteiger partial charge in [0.25, 0.3) is 5.56 Å². The minimum absolute atomic E-state index is 0.276. The smallest absolute Gasteiger partial charge is 0.267 e. The van der Waals surface area contributed by atoms with Crippen molar-refractivity contribution in [2.45, 2.75) is 13.0 Å². The predicted octanol–water partition coefficient (Wildman–Crippen LogP) is 1.49. The van der Waals surface area contributed by atoms with Crippen LogP contribution in [-0.4, -0.2) is 25.8 Å². The summed E-state index contributed by atoms with van der Waals surface area (Å²) >= 11 is 0. The maximum Gasteiger partial charge on any atom is 0.267 e. The molecule has 1 unspecified atom stereocenters. The SMILES string of the molecule is CC(C(=O)Nc1ccon1)n1nc(-c2cccnc2)ccc1=O. The lowest BCUT2D eigenvalue weighted by atomic mass is 10.2. The molecule has 0 aliphatic heterocycles. The number of nitrogens with zero attached hydrogens (tertiary/aromatic N) is 4. The summed E-state index contributed by atoms with van der Waals surface area (Å²) in [6, 6.07) is 7.26. The normalized spacial score (nSPS) is 11.9. The Hall–Kier alpha value is -3.29. The van der Waals surface area contributed by atoms with E-state index in [0.717, 1.165) is 10.2 Å². The molecule has 3 aromatic heterocycles. The summed E-state index contributed by atoms with van der Waals surface area (Å²) in [6.07, 6.45) is 4.62. The summed E-state index contributed by atoms with van der Waals surface area (Å²) in [5.74, 6) is -0.143. The second-order valence-electron chi connectivity index (χ2n) is 4.79. The van der Waals surface area contributed by atoms with E-state index in [1.807, 2.05) is 6.07 Å². The Balaban J connectivity index is 1.89. The van der Waals surface area contributed by atoms with Crippen molar-refractivity contribution in [3.8, 4) is 11.3 Å². The first-order chi connectivity index (χ1) is 11.1. The van der Waals surface area contributed by atoms with Crippen LogP contribution in [0.3, 0.4) is 0 Å². The van der Waals surface area contributed by atoms with Crippen molar-refractivity contribution >= 4 is 11.7 Å². The molecule has 0 aromatic carbocycles. The molecule has 0 spiro atoms. The zero-order valence-electron chi connectivity index (χ0n) is 12.2. The van der Waals surface area contributed by atoms with Crippen LogP contribution in [0.4, 0.5) is 5.82 Å². The summed E-state index contributed by atoms with van der Waals surface area (Å²) in [7, 11) is 0. The van der Waals surface area contributed by atoms with Gasteiger partial charge in [-0.1, -0.05) is 5.16 Å². The number of nitrogens with one attached hydrogen (secondary N) is 1. The topological polar surface area (TPSA) is 103 Å². The largest absolute Gasteiger partial charge is 0.363 e. The molecule has 23 heavy (non-hydrogen) atoms. The van der Waals surface area contributed by atoms with Gasteiger partial charge in [0, 0.05) is 30.1 Å². The van der Waals surface area contributed by atoms with E-state index in [2.05, 4.69) is 25.1 Å². The summed E-state index contributed by atoms with van der Waals surface area (Å²) in [4.78, 5) is 28.2. The molecule has 1 N–H and O–H groups in total. The minimum Gasteiger partial charge on any atom is -0.363 e. The number of anilines is 1. The summed E-state index contributed by atoms with van der Waals surface area (Å²) in [5, 5.41) is 10.4. The van der Waals surface area contributed by atoms with Crippen molar-refractivity contribution in [2.24, 2.45) is 0 Å². The fourth-order valence-electron chi connectivity index (χ4n) is 1.99. The average molecular weight is 311 g/mol. The molecule has 1 atom stereocenters. The van der Waals surface area contributed by atoms with E-state index in [1.165, 1.54) is 18.4 Å². The fourth-order valence-corrected chi connectivity index (χ4v) is 1.99. The molecule has 8 nitrogen and oxygen atoms in total. The molecule has 3 rings (SSSR count). The molecule has 0 aliphatic rings. The van der Waals surface area contributed by atoms with Gasteiger partial charge in [-0.05, 0) is 25.1 Å². The van der Waals surface area contributed by atoms with Crippen LogP contribution in [0, 0.1) is 0 Å². The van der Waals surface area contributed by atoms with Gasteiger partial charge in [-0.2, -0.15) is 5.10 Å². The van der Waals surface area contributed by atoms with Gasteiger partial charge in [0.2, 0.25) is 5.91 Å². The van der Waals surface area contributed by atoms with E-state index in [4.69, 9.17) is 0 Å². The van der Waals surface area contributed by atoms with Crippen LogP contribution in [0.1, 0.15) is 13.0 Å². The fraction of sp³-hybridized carbons (Fsp3) is 0.133. The number of pyridine rings is 1. The summed E-state index contributed by atoms with van der Waals surface area (Å²) < 4.78 is 5.77. The van der Waals surface area contributed by atoms with Crippen LogP contribution in [0.25, 0.3) is 11.3 Å². The van der Waals surface area contributed by atoms with Crippen molar-refractivity contribution in [2.75, 3.05) is 5.32 Å². The number of amides is 1. The molecular weight excluding hydrogens is 298 g/mol. The number of carbonyl (C=O) groups is 1. The molecular formula is C15H13N5O3. The van der Waals surface area contributed by atoms with Crippen LogP contribution in [0.5, 0.6) is 0 Å². The van der Waals surface area contributed by atoms with E-state index < -0.39 is 11.9 Å². The van der Waals surface area contributed by atoms with Gasteiger partial charge in [0.15, 0.2) is 5.82 Å². The molecule has 8 heteroatoms. The zero-order valence-corrected chi connectivity index (χ0v) is 12.2. The maximum absolute atomic E-state index is 12.2. The Morgan fingerprint density at radius 3 is 2.87 bits per heavy atom. The monoisotopic (exact) mass is 311 g/mol. The predicted molar refractivity (Wildman–Crippen MR) is 81.6 cm³/mol. The van der Waals surface area contributed by atoms with Crippen molar-refractivity contribution in [3.63, 3.8) is 0 Å². The molecule has 0 radical (unpaired) electrons. The van der Waals surface area contributed by atoms with E-state index in [-0.39, 0.29) is 11.4 Å². The van der Waals surface area contributed by atoms with Crippen molar-refractivity contribution < 1.29 is 9.32 Å². The Morgan fingerprint density at radius 1 is 1.30 bits per heavy atom. The number of hydrogen-bond acceptors (Lipinski definition) is 6. The molecule has 0 saturated carbocycles. The third-order valence-electron chi connectivity index (χ3n) is 3.22. The molecule has 0 saturated heterocycles. The highest BCUT2D eigenvalue weighted by molar-refractivity contribution is 5.92. The quantitative estimate of drug-likeness (QED) is 0.783. The van der Waals surface area contributed by atoms with Gasteiger partial charge in [0.1, 0.15) is 12.3 Å². The van der Waals surface area contributed by atoms with Crippen LogP contribution < -0.4 is 10.9 Å². The number of rotatable bonds is 4. The number of hydrogen-bond donors (Lipinski definition) is 1. The lowest BCUT2D eigenvalue weighted by Gasteiger charge is -2.13.